The second kappa shape index (κ2) is 9.02. The number of hydrogen-bond acceptors (Lipinski definition) is 5. The number of nitrogens with zero attached hydrogens (tertiary/aromatic N) is 2. The third-order valence-corrected chi connectivity index (χ3v) is 8.82. The van der Waals surface area contributed by atoms with Gasteiger partial charge in [0.2, 0.25) is 5.91 Å². The third kappa shape index (κ3) is 4.13. The van der Waals surface area contributed by atoms with Gasteiger partial charge in [0.25, 0.3) is 5.56 Å². The number of thioether (sulfide) groups is 1. The molecular formula is C25H29N3O2S2. The number of nitrogens with one attached hydrogen (secondary N) is 1. The van der Waals surface area contributed by atoms with Crippen LogP contribution in [0.1, 0.15) is 66.1 Å². The van der Waals surface area contributed by atoms with Crippen LogP contribution in [0.4, 0.5) is 5.69 Å². The molecule has 1 aromatic carbocycles. The number of hydrogen-bond donors (Lipinski definition) is 1. The highest BCUT2D eigenvalue weighted by atomic mass is 32.2. The van der Waals surface area contributed by atoms with Crippen molar-refractivity contribution in [3.63, 3.8) is 0 Å². The van der Waals surface area contributed by atoms with Crippen LogP contribution in [-0.2, 0) is 17.6 Å². The molecule has 168 valence electrons. The first-order valence-corrected chi connectivity index (χ1v) is 13.4. The van der Waals surface area contributed by atoms with Gasteiger partial charge in [-0.1, -0.05) is 36.7 Å². The zero-order valence-corrected chi connectivity index (χ0v) is 20.3. The van der Waals surface area contributed by atoms with Gasteiger partial charge in [0.15, 0.2) is 5.16 Å². The number of rotatable bonds is 5. The molecule has 0 spiro atoms. The predicted octanol–water partition coefficient (Wildman–Crippen LogP) is 5.80. The number of carbonyl (C=O) groups excluding carboxylic acids is 1. The van der Waals surface area contributed by atoms with E-state index < -0.39 is 0 Å². The average Bonchev–Trinajstić information content (AvgIpc) is 3.42. The van der Waals surface area contributed by atoms with E-state index in [1.54, 1.807) is 11.3 Å². The summed E-state index contributed by atoms with van der Waals surface area (Å²) in [5.41, 5.74) is 4.35. The Morgan fingerprint density at radius 2 is 1.97 bits per heavy atom. The number of thiophene rings is 1. The molecule has 2 aliphatic carbocycles. The lowest BCUT2D eigenvalue weighted by molar-refractivity contribution is -0.113. The van der Waals surface area contributed by atoms with E-state index >= 15 is 0 Å². The fraction of sp³-hybridized carbons (Fsp3) is 0.480. The minimum absolute atomic E-state index is 0.0681. The van der Waals surface area contributed by atoms with E-state index in [0.717, 1.165) is 72.0 Å². The van der Waals surface area contributed by atoms with E-state index in [-0.39, 0.29) is 23.3 Å². The van der Waals surface area contributed by atoms with Crippen molar-refractivity contribution in [2.24, 2.45) is 0 Å². The van der Waals surface area contributed by atoms with Crippen molar-refractivity contribution in [2.75, 3.05) is 11.1 Å². The minimum Gasteiger partial charge on any atom is -0.325 e. The monoisotopic (exact) mass is 467 g/mol. The summed E-state index contributed by atoms with van der Waals surface area (Å²) in [7, 11) is 0. The van der Waals surface area contributed by atoms with Crippen LogP contribution in [0.15, 0.2) is 28.2 Å². The highest BCUT2D eigenvalue weighted by Crippen LogP contribution is 2.37. The molecule has 2 heterocycles. The Balaban J connectivity index is 1.46. The zero-order chi connectivity index (χ0) is 22.2. The summed E-state index contributed by atoms with van der Waals surface area (Å²) < 4.78 is 1.92. The number of aromatic nitrogens is 2. The molecule has 7 heteroatoms. The highest BCUT2D eigenvalue weighted by Gasteiger charge is 2.27. The first-order chi connectivity index (χ1) is 15.5. The van der Waals surface area contributed by atoms with Gasteiger partial charge in [-0.05, 0) is 75.1 Å². The van der Waals surface area contributed by atoms with Crippen LogP contribution in [0.5, 0.6) is 0 Å². The molecule has 1 amide bonds. The van der Waals surface area contributed by atoms with Gasteiger partial charge in [0.05, 0.1) is 11.1 Å². The van der Waals surface area contributed by atoms with Gasteiger partial charge in [0, 0.05) is 16.6 Å². The number of aryl methyl sites for hydroxylation is 4. The summed E-state index contributed by atoms with van der Waals surface area (Å²) in [6.07, 6.45) is 8.71. The average molecular weight is 468 g/mol. The molecule has 1 fully saturated rings. The Kier molecular flexibility index (Phi) is 6.12. The fourth-order valence-corrected chi connectivity index (χ4v) is 7.14. The van der Waals surface area contributed by atoms with E-state index in [2.05, 4.69) is 5.32 Å². The van der Waals surface area contributed by atoms with Gasteiger partial charge in [-0.2, -0.15) is 0 Å². The van der Waals surface area contributed by atoms with Crippen molar-refractivity contribution in [3.05, 3.63) is 50.1 Å². The standard InChI is InChI=1S/C25H29N3O2S2/c1-15-11-12-16(2)19(13-15)26-21(29)14-31-25-27-23-22(18-9-5-6-10-20(18)32-23)24(30)28(25)17-7-3-4-8-17/h11-13,17H,3-10,14H2,1-2H3,(H,26,29). The van der Waals surface area contributed by atoms with Gasteiger partial charge in [-0.15, -0.1) is 11.3 Å². The summed E-state index contributed by atoms with van der Waals surface area (Å²) in [5.74, 6) is 0.171. The van der Waals surface area contributed by atoms with E-state index in [9.17, 15) is 9.59 Å². The first-order valence-electron chi connectivity index (χ1n) is 11.6. The number of benzene rings is 1. The highest BCUT2D eigenvalue weighted by molar-refractivity contribution is 7.99. The van der Waals surface area contributed by atoms with Gasteiger partial charge in [0.1, 0.15) is 4.83 Å². The fourth-order valence-electron chi connectivity index (χ4n) is 4.97. The van der Waals surface area contributed by atoms with Crippen LogP contribution in [0.2, 0.25) is 0 Å². The number of amides is 1. The summed E-state index contributed by atoms with van der Waals surface area (Å²) in [5, 5.41) is 4.58. The Morgan fingerprint density at radius 3 is 2.78 bits per heavy atom. The van der Waals surface area contributed by atoms with Crippen molar-refractivity contribution in [3.8, 4) is 0 Å². The maximum atomic E-state index is 13.7. The van der Waals surface area contributed by atoms with Gasteiger partial charge in [-0.25, -0.2) is 4.98 Å². The first kappa shape index (κ1) is 21.7. The topological polar surface area (TPSA) is 64.0 Å². The lowest BCUT2D eigenvalue weighted by Crippen LogP contribution is -2.27. The zero-order valence-electron chi connectivity index (χ0n) is 18.7. The van der Waals surface area contributed by atoms with Crippen LogP contribution in [-0.4, -0.2) is 21.2 Å². The Hall–Kier alpha value is -2.12. The van der Waals surface area contributed by atoms with E-state index in [1.165, 1.54) is 28.6 Å². The Morgan fingerprint density at radius 1 is 1.19 bits per heavy atom. The van der Waals surface area contributed by atoms with E-state index in [4.69, 9.17) is 4.98 Å². The van der Waals surface area contributed by atoms with Crippen LogP contribution in [0, 0.1) is 13.8 Å². The van der Waals surface area contributed by atoms with Crippen molar-refractivity contribution in [1.82, 2.24) is 9.55 Å². The maximum Gasteiger partial charge on any atom is 0.263 e. The van der Waals surface area contributed by atoms with Crippen LogP contribution < -0.4 is 10.9 Å². The molecule has 1 N–H and O–H groups in total. The predicted molar refractivity (Wildman–Crippen MR) is 133 cm³/mol. The molecule has 0 atom stereocenters. The molecule has 0 unspecified atom stereocenters. The molecule has 2 aliphatic rings. The molecule has 3 aromatic rings. The SMILES string of the molecule is Cc1ccc(C)c(NC(=O)CSc2nc3sc4c(c3c(=O)n2C2CCCC2)CCCC4)c1. The molecule has 2 aromatic heterocycles. The summed E-state index contributed by atoms with van der Waals surface area (Å²) >= 11 is 3.07. The lowest BCUT2D eigenvalue weighted by atomic mass is 9.97. The van der Waals surface area contributed by atoms with Crippen LogP contribution in [0.25, 0.3) is 10.2 Å². The lowest BCUT2D eigenvalue weighted by Gasteiger charge is -2.18. The number of anilines is 1. The largest absolute Gasteiger partial charge is 0.325 e. The molecule has 5 rings (SSSR count). The van der Waals surface area contributed by atoms with Crippen molar-refractivity contribution >= 4 is 44.9 Å². The van der Waals surface area contributed by atoms with Crippen LogP contribution >= 0.6 is 23.1 Å². The van der Waals surface area contributed by atoms with Gasteiger partial charge in [-0.3, -0.25) is 14.2 Å². The van der Waals surface area contributed by atoms with Crippen molar-refractivity contribution < 1.29 is 4.79 Å². The summed E-state index contributed by atoms with van der Waals surface area (Å²) in [6, 6.07) is 6.25. The quantitative estimate of drug-likeness (QED) is 0.380. The summed E-state index contributed by atoms with van der Waals surface area (Å²) in [4.78, 5) is 33.6. The smallest absolute Gasteiger partial charge is 0.263 e. The van der Waals surface area contributed by atoms with E-state index in [0.29, 0.717) is 5.16 Å². The Bertz CT molecular complexity index is 1240. The minimum atomic E-state index is -0.0681. The molecular weight excluding hydrogens is 438 g/mol. The molecule has 0 radical (unpaired) electrons. The molecule has 0 aliphatic heterocycles. The Labute approximate surface area is 196 Å². The number of carbonyl (C=O) groups is 1. The van der Waals surface area contributed by atoms with Crippen LogP contribution in [0.3, 0.4) is 0 Å². The van der Waals surface area contributed by atoms with Crippen molar-refractivity contribution in [1.29, 1.82) is 0 Å². The van der Waals surface area contributed by atoms with E-state index in [1.807, 2.05) is 36.6 Å². The third-order valence-electron chi connectivity index (χ3n) is 6.68. The second-order valence-electron chi connectivity index (χ2n) is 9.05. The van der Waals surface area contributed by atoms with Gasteiger partial charge >= 0.3 is 0 Å². The van der Waals surface area contributed by atoms with Crippen molar-refractivity contribution in [2.45, 2.75) is 76.4 Å². The molecule has 32 heavy (non-hydrogen) atoms. The number of fused-ring (bicyclic) bond motifs is 3. The maximum absolute atomic E-state index is 13.7. The molecule has 1 saturated carbocycles. The summed E-state index contributed by atoms with van der Waals surface area (Å²) in [6.45, 7) is 4.01. The van der Waals surface area contributed by atoms with Gasteiger partial charge < -0.3 is 5.32 Å². The molecule has 0 saturated heterocycles. The second-order valence-corrected chi connectivity index (χ2v) is 11.1. The normalized spacial score (nSPS) is 16.4. The molecule has 5 nitrogen and oxygen atoms in total. The molecule has 0 bridgehead atoms.